The zero-order valence-electron chi connectivity index (χ0n) is 20.1. The fourth-order valence-corrected chi connectivity index (χ4v) is 7.91. The number of hydrogen-bond donors (Lipinski definition) is 2. The van der Waals surface area contributed by atoms with Gasteiger partial charge in [0.15, 0.2) is 0 Å². The number of thioether (sulfide) groups is 1. The topological polar surface area (TPSA) is 109 Å². The molecule has 0 saturated carbocycles. The van der Waals surface area contributed by atoms with Crippen LogP contribution in [0.4, 0.5) is 11.4 Å². The van der Waals surface area contributed by atoms with Gasteiger partial charge in [-0.2, -0.15) is 0 Å². The van der Waals surface area contributed by atoms with Gasteiger partial charge in [0.2, 0.25) is 17.7 Å². The Kier molecular flexibility index (Phi) is 6.54. The molecule has 2 N–H and O–H groups in total. The fourth-order valence-electron chi connectivity index (χ4n) is 5.01. The van der Waals surface area contributed by atoms with Crippen molar-refractivity contribution in [3.63, 3.8) is 0 Å². The molecular weight excluding hydrogens is 558 g/mol. The first-order valence-electron chi connectivity index (χ1n) is 12.0. The first-order valence-corrected chi connectivity index (χ1v) is 14.1. The first-order chi connectivity index (χ1) is 18.8. The van der Waals surface area contributed by atoms with Crippen LogP contribution in [0.15, 0.2) is 88.7 Å². The van der Waals surface area contributed by atoms with Gasteiger partial charge in [-0.15, -0.1) is 0 Å². The second-order valence-electron chi connectivity index (χ2n) is 9.16. The van der Waals surface area contributed by atoms with Crippen LogP contribution in [-0.2, 0) is 20.9 Å². The highest BCUT2D eigenvalue weighted by molar-refractivity contribution is 8.00. The van der Waals surface area contributed by atoms with Crippen molar-refractivity contribution in [3.05, 3.63) is 104 Å². The van der Waals surface area contributed by atoms with E-state index in [1.807, 2.05) is 6.07 Å². The number of nitrogens with one attached hydrogen (secondary N) is 1. The summed E-state index contributed by atoms with van der Waals surface area (Å²) in [5.41, 5.74) is 1.70. The monoisotopic (exact) mass is 577 g/mol. The summed E-state index contributed by atoms with van der Waals surface area (Å²) in [6.45, 7) is -0.241. The molecule has 0 radical (unpaired) electrons. The zero-order valence-corrected chi connectivity index (χ0v) is 22.5. The third-order valence-corrected chi connectivity index (χ3v) is 9.60. The molecule has 2 aliphatic rings. The van der Waals surface area contributed by atoms with Crippen LogP contribution in [0.1, 0.15) is 16.4 Å². The molecule has 8 nitrogen and oxygen atoms in total. The van der Waals surface area contributed by atoms with E-state index >= 15 is 0 Å². The molecule has 3 aromatic carbocycles. The average Bonchev–Trinajstić information content (AvgIpc) is 3.36. The standard InChI is InChI=1S/C28H20ClN3O5S2/c29-16-8-10-18(11-9-16)32-25(35)22-21(15-6-12-19(33)13-7-15)24-27(38-23(22)26(32)36)31(28(37)39-24)14-20(34)30-17-4-2-1-3-5-17/h1-13,21-23,33H,14H2,(H,30,34)/t21-,22?,23?/m0/s1. The maximum absolute atomic E-state index is 13.8. The highest BCUT2D eigenvalue weighted by Crippen LogP contribution is 2.54. The lowest BCUT2D eigenvalue weighted by Gasteiger charge is -2.30. The van der Waals surface area contributed by atoms with Gasteiger partial charge in [0.05, 0.1) is 16.6 Å². The number of hydrogen-bond acceptors (Lipinski definition) is 7. The van der Waals surface area contributed by atoms with Crippen LogP contribution in [0.3, 0.4) is 0 Å². The molecule has 2 aliphatic heterocycles. The van der Waals surface area contributed by atoms with Crippen LogP contribution in [0, 0.1) is 5.92 Å². The molecule has 0 aliphatic carbocycles. The number of rotatable bonds is 5. The number of anilines is 2. The molecule has 1 saturated heterocycles. The summed E-state index contributed by atoms with van der Waals surface area (Å²) in [4.78, 5) is 55.0. The first kappa shape index (κ1) is 25.4. The molecule has 1 fully saturated rings. The van der Waals surface area contributed by atoms with Crippen molar-refractivity contribution in [1.82, 2.24) is 4.57 Å². The van der Waals surface area contributed by atoms with Gasteiger partial charge in [-0.05, 0) is 54.1 Å². The summed E-state index contributed by atoms with van der Waals surface area (Å²) in [5.74, 6) is -2.50. The minimum Gasteiger partial charge on any atom is -0.508 e. The lowest BCUT2D eigenvalue weighted by molar-refractivity contribution is -0.122. The number of halogens is 1. The number of benzene rings is 3. The predicted molar refractivity (Wildman–Crippen MR) is 151 cm³/mol. The number of thiazole rings is 1. The van der Waals surface area contributed by atoms with Crippen LogP contribution in [0.25, 0.3) is 0 Å². The summed E-state index contributed by atoms with van der Waals surface area (Å²) in [6, 6.07) is 21.8. The Morgan fingerprint density at radius 3 is 2.31 bits per heavy atom. The number of aromatic nitrogens is 1. The number of imide groups is 1. The quantitative estimate of drug-likeness (QED) is 0.333. The Morgan fingerprint density at radius 1 is 0.923 bits per heavy atom. The van der Waals surface area contributed by atoms with E-state index < -0.39 is 23.0 Å². The third kappa shape index (κ3) is 4.54. The van der Waals surface area contributed by atoms with E-state index in [4.69, 9.17) is 11.6 Å². The van der Waals surface area contributed by atoms with Gasteiger partial charge in [0.25, 0.3) is 0 Å². The maximum Gasteiger partial charge on any atom is 0.308 e. The van der Waals surface area contributed by atoms with Gasteiger partial charge >= 0.3 is 4.87 Å². The number of carbonyl (C=O) groups is 3. The summed E-state index contributed by atoms with van der Waals surface area (Å²) in [6.07, 6.45) is 0. The number of carbonyl (C=O) groups excluding carboxylic acids is 3. The lowest BCUT2D eigenvalue weighted by atomic mass is 9.83. The van der Waals surface area contributed by atoms with E-state index in [1.165, 1.54) is 21.6 Å². The minimum atomic E-state index is -0.808. The van der Waals surface area contributed by atoms with Crippen LogP contribution < -0.4 is 15.1 Å². The molecular formula is C28H20ClN3O5S2. The Labute approximate surface area is 235 Å². The third-order valence-electron chi connectivity index (χ3n) is 6.75. The molecule has 11 heteroatoms. The number of phenols is 1. The van der Waals surface area contributed by atoms with Gasteiger partial charge in [0, 0.05) is 21.5 Å². The van der Waals surface area contributed by atoms with Crippen LogP contribution in [-0.4, -0.2) is 32.6 Å². The second kappa shape index (κ2) is 10.0. The number of aromatic hydroxyl groups is 1. The van der Waals surface area contributed by atoms with Crippen LogP contribution in [0.5, 0.6) is 5.75 Å². The molecule has 1 aromatic heterocycles. The summed E-state index contributed by atoms with van der Waals surface area (Å²) >= 11 is 8.14. The van der Waals surface area contributed by atoms with Gasteiger partial charge in [0.1, 0.15) is 17.5 Å². The average molecular weight is 578 g/mol. The van der Waals surface area contributed by atoms with Gasteiger partial charge in [-0.1, -0.05) is 65.0 Å². The largest absolute Gasteiger partial charge is 0.508 e. The minimum absolute atomic E-state index is 0.0562. The van der Waals surface area contributed by atoms with E-state index in [1.54, 1.807) is 60.7 Å². The fraction of sp³-hybridized carbons (Fsp3) is 0.143. The molecule has 0 spiro atoms. The van der Waals surface area contributed by atoms with Crippen molar-refractivity contribution >= 4 is 63.8 Å². The molecule has 2 unspecified atom stereocenters. The Bertz CT molecular complexity index is 1650. The predicted octanol–water partition coefficient (Wildman–Crippen LogP) is 4.70. The normalized spacial score (nSPS) is 20.0. The van der Waals surface area contributed by atoms with Crippen molar-refractivity contribution in [2.45, 2.75) is 22.7 Å². The van der Waals surface area contributed by atoms with Gasteiger partial charge in [-0.3, -0.25) is 23.7 Å². The Hall–Kier alpha value is -3.86. The smallest absolute Gasteiger partial charge is 0.308 e. The van der Waals surface area contributed by atoms with E-state index in [0.29, 0.717) is 31.9 Å². The summed E-state index contributed by atoms with van der Waals surface area (Å²) in [5, 5.41) is 12.8. The number of fused-ring (bicyclic) bond motifs is 2. The molecule has 196 valence electrons. The SMILES string of the molecule is O=C(Cn1c2c(sc1=O)[C@@H](c1ccc(O)cc1)C1C(=O)N(c3ccc(Cl)cc3)C(=O)C1S2)Nc1ccccc1. The van der Waals surface area contributed by atoms with Crippen molar-refractivity contribution in [2.24, 2.45) is 5.92 Å². The second-order valence-corrected chi connectivity index (χ2v) is 11.7. The van der Waals surface area contributed by atoms with E-state index in [-0.39, 0.29) is 29.0 Å². The molecule has 0 bridgehead atoms. The van der Waals surface area contributed by atoms with Crippen molar-refractivity contribution in [3.8, 4) is 5.75 Å². The zero-order chi connectivity index (χ0) is 27.3. The van der Waals surface area contributed by atoms with Crippen LogP contribution in [0.2, 0.25) is 5.02 Å². The Morgan fingerprint density at radius 2 is 1.62 bits per heavy atom. The molecule has 3 atom stereocenters. The summed E-state index contributed by atoms with van der Waals surface area (Å²) in [7, 11) is 0. The lowest BCUT2D eigenvalue weighted by Crippen LogP contribution is -2.33. The summed E-state index contributed by atoms with van der Waals surface area (Å²) < 4.78 is 1.37. The molecule has 39 heavy (non-hydrogen) atoms. The number of phenolic OH excluding ortho intramolecular Hbond substituents is 1. The highest BCUT2D eigenvalue weighted by atomic mass is 35.5. The van der Waals surface area contributed by atoms with Crippen molar-refractivity contribution in [1.29, 1.82) is 0 Å². The van der Waals surface area contributed by atoms with Gasteiger partial charge in [-0.25, -0.2) is 4.90 Å². The van der Waals surface area contributed by atoms with Gasteiger partial charge < -0.3 is 10.4 Å². The molecule has 4 aromatic rings. The molecule has 3 heterocycles. The number of para-hydroxylation sites is 1. The molecule has 3 amide bonds. The number of nitrogens with zero attached hydrogens (tertiary/aromatic N) is 2. The van der Waals surface area contributed by atoms with E-state index in [9.17, 15) is 24.3 Å². The Balaban J connectivity index is 1.42. The number of amides is 3. The van der Waals surface area contributed by atoms with E-state index in [2.05, 4.69) is 5.32 Å². The molecule has 6 rings (SSSR count). The maximum atomic E-state index is 13.8. The highest BCUT2D eigenvalue weighted by Gasteiger charge is 2.56. The van der Waals surface area contributed by atoms with Crippen molar-refractivity contribution < 1.29 is 19.5 Å². The van der Waals surface area contributed by atoms with Crippen molar-refractivity contribution in [2.75, 3.05) is 10.2 Å². The van der Waals surface area contributed by atoms with Crippen LogP contribution >= 0.6 is 34.7 Å². The van der Waals surface area contributed by atoms with E-state index in [0.717, 1.165) is 23.1 Å².